The van der Waals surface area contributed by atoms with Gasteiger partial charge in [-0.15, -0.1) is 0 Å². The van der Waals surface area contributed by atoms with Crippen LogP contribution in [-0.2, 0) is 11.3 Å². The van der Waals surface area contributed by atoms with Gasteiger partial charge in [0.25, 0.3) is 5.56 Å². The molecule has 130 valence electrons. The average molecular weight is 341 g/mol. The number of anilines is 1. The molecule has 1 amide bonds. The second kappa shape index (κ2) is 7.23. The SMILES string of the molecule is CCOC(=O)Nc1cc(=O)n(CC(O)c2cccc3ccccc23)[nH]1. The molecule has 1 atom stereocenters. The van der Waals surface area contributed by atoms with Gasteiger partial charge in [-0.1, -0.05) is 42.5 Å². The summed E-state index contributed by atoms with van der Waals surface area (Å²) in [5.41, 5.74) is 0.380. The van der Waals surface area contributed by atoms with E-state index in [0.717, 1.165) is 16.3 Å². The highest BCUT2D eigenvalue weighted by Gasteiger charge is 2.14. The third kappa shape index (κ3) is 3.72. The molecule has 0 bridgehead atoms. The van der Waals surface area contributed by atoms with Gasteiger partial charge in [-0.05, 0) is 23.3 Å². The van der Waals surface area contributed by atoms with E-state index in [0.29, 0.717) is 0 Å². The summed E-state index contributed by atoms with van der Waals surface area (Å²) < 4.78 is 6.01. The molecule has 3 N–H and O–H groups in total. The lowest BCUT2D eigenvalue weighted by Crippen LogP contribution is -2.20. The molecule has 7 heteroatoms. The van der Waals surface area contributed by atoms with Crippen LogP contribution < -0.4 is 10.9 Å². The van der Waals surface area contributed by atoms with Crippen LogP contribution in [0.25, 0.3) is 10.8 Å². The Labute approximate surface area is 143 Å². The van der Waals surface area contributed by atoms with Crippen LogP contribution in [0.3, 0.4) is 0 Å². The Morgan fingerprint density at radius 1 is 1.28 bits per heavy atom. The third-order valence-electron chi connectivity index (χ3n) is 3.84. The van der Waals surface area contributed by atoms with E-state index in [1.54, 1.807) is 6.92 Å². The number of nitrogens with zero attached hydrogens (tertiary/aromatic N) is 1. The molecular weight excluding hydrogens is 322 g/mol. The van der Waals surface area contributed by atoms with Crippen molar-refractivity contribution < 1.29 is 14.6 Å². The Bertz CT molecular complexity index is 939. The molecule has 1 unspecified atom stereocenters. The van der Waals surface area contributed by atoms with E-state index in [-0.39, 0.29) is 24.5 Å². The van der Waals surface area contributed by atoms with Crippen LogP contribution in [0, 0.1) is 0 Å². The summed E-state index contributed by atoms with van der Waals surface area (Å²) in [6.45, 7) is 1.96. The van der Waals surface area contributed by atoms with Crippen LogP contribution in [0.1, 0.15) is 18.6 Å². The predicted molar refractivity (Wildman–Crippen MR) is 94.6 cm³/mol. The number of benzene rings is 2. The van der Waals surface area contributed by atoms with Crippen LogP contribution in [0.15, 0.2) is 53.3 Å². The van der Waals surface area contributed by atoms with Gasteiger partial charge in [-0.2, -0.15) is 0 Å². The molecular formula is C18H19N3O4. The maximum atomic E-state index is 12.0. The van der Waals surface area contributed by atoms with Crippen molar-refractivity contribution in [2.24, 2.45) is 0 Å². The van der Waals surface area contributed by atoms with Gasteiger partial charge in [-0.3, -0.25) is 15.2 Å². The molecule has 0 saturated carbocycles. The minimum atomic E-state index is -0.877. The topological polar surface area (TPSA) is 96.3 Å². The van der Waals surface area contributed by atoms with E-state index < -0.39 is 12.2 Å². The molecule has 0 aliphatic rings. The first-order valence-corrected chi connectivity index (χ1v) is 7.98. The number of fused-ring (bicyclic) bond motifs is 1. The molecule has 0 radical (unpaired) electrons. The molecule has 0 fully saturated rings. The summed E-state index contributed by atoms with van der Waals surface area (Å²) in [5, 5.41) is 17.7. The van der Waals surface area contributed by atoms with Crippen molar-refractivity contribution in [3.8, 4) is 0 Å². The van der Waals surface area contributed by atoms with E-state index in [1.165, 1.54) is 10.7 Å². The highest BCUT2D eigenvalue weighted by molar-refractivity contribution is 5.86. The fourth-order valence-corrected chi connectivity index (χ4v) is 2.72. The number of carbonyl (C=O) groups excluding carboxylic acids is 1. The van der Waals surface area contributed by atoms with Gasteiger partial charge in [0.15, 0.2) is 0 Å². The largest absolute Gasteiger partial charge is 0.450 e. The number of ether oxygens (including phenoxy) is 1. The number of H-pyrrole nitrogens is 1. The molecule has 7 nitrogen and oxygen atoms in total. The van der Waals surface area contributed by atoms with Crippen molar-refractivity contribution in [3.63, 3.8) is 0 Å². The Balaban J connectivity index is 1.81. The first-order valence-electron chi connectivity index (χ1n) is 7.98. The molecule has 3 rings (SSSR count). The van der Waals surface area contributed by atoms with E-state index in [1.807, 2.05) is 42.5 Å². The van der Waals surface area contributed by atoms with Gasteiger partial charge in [0.05, 0.1) is 19.3 Å². The number of aliphatic hydroxyl groups excluding tert-OH is 1. The molecule has 0 aliphatic carbocycles. The van der Waals surface area contributed by atoms with Crippen LogP contribution in [0.5, 0.6) is 0 Å². The molecule has 3 aromatic rings. The second-order valence-corrected chi connectivity index (χ2v) is 5.55. The van der Waals surface area contributed by atoms with Crippen molar-refractivity contribution in [1.82, 2.24) is 9.78 Å². The van der Waals surface area contributed by atoms with E-state index in [9.17, 15) is 14.7 Å². The number of hydrogen-bond acceptors (Lipinski definition) is 4. The lowest BCUT2D eigenvalue weighted by molar-refractivity contribution is 0.151. The molecule has 2 aromatic carbocycles. The fraction of sp³-hybridized carbons (Fsp3) is 0.222. The van der Waals surface area contributed by atoms with Gasteiger partial charge in [-0.25, -0.2) is 9.48 Å². The van der Waals surface area contributed by atoms with Crippen LogP contribution in [0.2, 0.25) is 0 Å². The molecule has 1 aromatic heterocycles. The molecule has 0 aliphatic heterocycles. The molecule has 25 heavy (non-hydrogen) atoms. The molecule has 0 spiro atoms. The standard InChI is InChI=1S/C18H19N3O4/c1-2-25-18(24)19-16-10-17(23)21(20-16)11-15(22)14-9-5-7-12-6-3-4-8-13(12)14/h3-10,15,20,22H,2,11H2,1H3,(H,19,24). The Kier molecular flexibility index (Phi) is 4.85. The summed E-state index contributed by atoms with van der Waals surface area (Å²) in [7, 11) is 0. The predicted octanol–water partition coefficient (Wildman–Crippen LogP) is 2.63. The number of hydrogen-bond donors (Lipinski definition) is 3. The summed E-state index contributed by atoms with van der Waals surface area (Å²) in [6, 6.07) is 14.6. The van der Waals surface area contributed by atoms with Gasteiger partial charge in [0, 0.05) is 6.07 Å². The zero-order chi connectivity index (χ0) is 17.8. The van der Waals surface area contributed by atoms with E-state index in [4.69, 9.17) is 4.74 Å². The monoisotopic (exact) mass is 341 g/mol. The van der Waals surface area contributed by atoms with Crippen LogP contribution in [-0.4, -0.2) is 27.6 Å². The van der Waals surface area contributed by atoms with E-state index in [2.05, 4.69) is 10.4 Å². The van der Waals surface area contributed by atoms with Gasteiger partial charge in [0.1, 0.15) is 5.82 Å². The minimum Gasteiger partial charge on any atom is -0.450 e. The Morgan fingerprint density at radius 3 is 2.84 bits per heavy atom. The van der Waals surface area contributed by atoms with Gasteiger partial charge >= 0.3 is 6.09 Å². The van der Waals surface area contributed by atoms with Gasteiger partial charge in [0.2, 0.25) is 0 Å². The van der Waals surface area contributed by atoms with Crippen molar-refractivity contribution >= 4 is 22.7 Å². The average Bonchev–Trinajstić information content (AvgIpc) is 2.93. The van der Waals surface area contributed by atoms with Crippen LogP contribution >= 0.6 is 0 Å². The summed E-state index contributed by atoms with van der Waals surface area (Å²) in [4.78, 5) is 23.4. The van der Waals surface area contributed by atoms with Crippen molar-refractivity contribution in [1.29, 1.82) is 0 Å². The number of nitrogens with one attached hydrogen (secondary N) is 2. The summed E-state index contributed by atoms with van der Waals surface area (Å²) in [6.07, 6.45) is -1.52. The summed E-state index contributed by atoms with van der Waals surface area (Å²) in [5.74, 6) is 0.216. The number of aromatic nitrogens is 2. The Morgan fingerprint density at radius 2 is 2.04 bits per heavy atom. The quantitative estimate of drug-likeness (QED) is 0.665. The van der Waals surface area contributed by atoms with Crippen molar-refractivity contribution in [2.45, 2.75) is 19.6 Å². The van der Waals surface area contributed by atoms with Crippen molar-refractivity contribution in [2.75, 3.05) is 11.9 Å². The third-order valence-corrected chi connectivity index (χ3v) is 3.84. The van der Waals surface area contributed by atoms with Gasteiger partial charge < -0.3 is 9.84 Å². The van der Waals surface area contributed by atoms with E-state index >= 15 is 0 Å². The fourth-order valence-electron chi connectivity index (χ4n) is 2.72. The molecule has 0 saturated heterocycles. The number of rotatable bonds is 5. The zero-order valence-corrected chi connectivity index (χ0v) is 13.7. The number of aromatic amines is 1. The minimum absolute atomic E-state index is 0.0390. The first kappa shape index (κ1) is 16.8. The highest BCUT2D eigenvalue weighted by Crippen LogP contribution is 2.25. The first-order chi connectivity index (χ1) is 12.1. The Hall–Kier alpha value is -3.06. The highest BCUT2D eigenvalue weighted by atomic mass is 16.5. The second-order valence-electron chi connectivity index (χ2n) is 5.55. The number of carbonyl (C=O) groups is 1. The number of amides is 1. The molecule has 1 heterocycles. The lowest BCUT2D eigenvalue weighted by Gasteiger charge is -2.14. The maximum Gasteiger partial charge on any atom is 0.412 e. The summed E-state index contributed by atoms with van der Waals surface area (Å²) >= 11 is 0. The van der Waals surface area contributed by atoms with Crippen LogP contribution in [0.4, 0.5) is 10.6 Å². The normalized spacial score (nSPS) is 12.1. The smallest absolute Gasteiger partial charge is 0.412 e. The zero-order valence-electron chi connectivity index (χ0n) is 13.7. The maximum absolute atomic E-state index is 12.0. The lowest BCUT2D eigenvalue weighted by atomic mass is 10.0. The number of aliphatic hydroxyl groups is 1. The van der Waals surface area contributed by atoms with Crippen molar-refractivity contribution in [3.05, 3.63) is 64.4 Å².